The molecule has 0 aliphatic heterocycles. The van der Waals surface area contributed by atoms with Crippen molar-refractivity contribution in [2.24, 2.45) is 0 Å². The van der Waals surface area contributed by atoms with Crippen molar-refractivity contribution in [3.8, 4) is 11.5 Å². The van der Waals surface area contributed by atoms with E-state index in [-0.39, 0.29) is 22.1 Å². The topological polar surface area (TPSA) is 52.6 Å². The molecule has 7 heteroatoms. The number of methoxy groups -OCH3 is 1. The zero-order valence-electron chi connectivity index (χ0n) is 11.2. The van der Waals surface area contributed by atoms with Crippen LogP contribution in [-0.2, 0) is 0 Å². The summed E-state index contributed by atoms with van der Waals surface area (Å²) in [6.45, 7) is 0. The van der Waals surface area contributed by atoms with Gasteiger partial charge in [-0.2, -0.15) is 0 Å². The van der Waals surface area contributed by atoms with Crippen molar-refractivity contribution in [1.29, 1.82) is 0 Å². The van der Waals surface area contributed by atoms with Crippen molar-refractivity contribution in [3.63, 3.8) is 0 Å². The van der Waals surface area contributed by atoms with E-state index in [1.807, 2.05) is 0 Å². The minimum Gasteiger partial charge on any atom is -0.493 e. The molecule has 2 rings (SSSR count). The minimum absolute atomic E-state index is 0.127. The number of esters is 1. The van der Waals surface area contributed by atoms with Crippen molar-refractivity contribution in [1.82, 2.24) is 0 Å². The lowest BCUT2D eigenvalue weighted by Crippen LogP contribution is -2.10. The van der Waals surface area contributed by atoms with E-state index in [1.165, 1.54) is 31.4 Å². The van der Waals surface area contributed by atoms with Crippen LogP contribution >= 0.6 is 39.1 Å². The maximum atomic E-state index is 12.3. The predicted molar refractivity (Wildman–Crippen MR) is 87.5 cm³/mol. The van der Waals surface area contributed by atoms with Crippen LogP contribution in [0.15, 0.2) is 34.8 Å². The highest BCUT2D eigenvalue weighted by Gasteiger charge is 2.19. The van der Waals surface area contributed by atoms with Crippen LogP contribution in [0.2, 0.25) is 10.0 Å². The monoisotopic (exact) mass is 402 g/mol. The lowest BCUT2D eigenvalue weighted by atomic mass is 10.2. The first-order valence-corrected chi connectivity index (χ1v) is 7.51. The van der Waals surface area contributed by atoms with Crippen LogP contribution in [0.4, 0.5) is 0 Å². The zero-order chi connectivity index (χ0) is 16.3. The predicted octanol–water partition coefficient (Wildman–Crippen LogP) is 4.80. The summed E-state index contributed by atoms with van der Waals surface area (Å²) in [4.78, 5) is 23.1. The van der Waals surface area contributed by atoms with Gasteiger partial charge in [-0.05, 0) is 46.3 Å². The Morgan fingerprint density at radius 3 is 2.59 bits per heavy atom. The van der Waals surface area contributed by atoms with E-state index in [4.69, 9.17) is 32.7 Å². The zero-order valence-corrected chi connectivity index (χ0v) is 14.3. The van der Waals surface area contributed by atoms with E-state index in [9.17, 15) is 9.59 Å². The maximum Gasteiger partial charge on any atom is 0.345 e. The van der Waals surface area contributed by atoms with Crippen molar-refractivity contribution in [3.05, 3.63) is 56.0 Å². The molecule has 22 heavy (non-hydrogen) atoms. The van der Waals surface area contributed by atoms with Crippen LogP contribution in [0.3, 0.4) is 0 Å². The summed E-state index contributed by atoms with van der Waals surface area (Å²) < 4.78 is 10.9. The van der Waals surface area contributed by atoms with E-state index in [0.717, 1.165) is 0 Å². The van der Waals surface area contributed by atoms with Gasteiger partial charge in [-0.1, -0.05) is 23.2 Å². The molecule has 0 aliphatic rings. The Labute approximate surface area is 145 Å². The van der Waals surface area contributed by atoms with Gasteiger partial charge in [0.25, 0.3) is 0 Å². The van der Waals surface area contributed by atoms with E-state index in [0.29, 0.717) is 21.3 Å². The summed E-state index contributed by atoms with van der Waals surface area (Å²) in [7, 11) is 1.40. The first kappa shape index (κ1) is 16.8. The highest BCUT2D eigenvalue weighted by atomic mass is 79.9. The molecule has 0 spiro atoms. The van der Waals surface area contributed by atoms with Gasteiger partial charge in [0.05, 0.1) is 22.2 Å². The van der Waals surface area contributed by atoms with Crippen LogP contribution < -0.4 is 9.47 Å². The fraction of sp³-hybridized carbons (Fsp3) is 0.0667. The third-order valence-electron chi connectivity index (χ3n) is 2.73. The second-order valence-electron chi connectivity index (χ2n) is 4.17. The summed E-state index contributed by atoms with van der Waals surface area (Å²) in [6, 6.07) is 7.45. The Morgan fingerprint density at radius 2 is 1.95 bits per heavy atom. The molecule has 0 bridgehead atoms. The Balaban J connectivity index is 2.40. The lowest BCUT2D eigenvalue weighted by molar-refractivity contribution is 0.0728. The summed E-state index contributed by atoms with van der Waals surface area (Å²) in [6.07, 6.45) is 0.659. The van der Waals surface area contributed by atoms with Crippen molar-refractivity contribution < 1.29 is 19.1 Å². The number of rotatable bonds is 4. The summed E-state index contributed by atoms with van der Waals surface area (Å²) in [5.41, 5.74) is 0.506. The molecule has 4 nitrogen and oxygen atoms in total. The average molecular weight is 404 g/mol. The molecule has 2 aromatic carbocycles. The molecule has 0 atom stereocenters. The van der Waals surface area contributed by atoms with Crippen molar-refractivity contribution in [2.45, 2.75) is 0 Å². The maximum absolute atomic E-state index is 12.3. The van der Waals surface area contributed by atoms with Gasteiger partial charge in [-0.3, -0.25) is 4.79 Å². The molecule has 0 fully saturated rings. The van der Waals surface area contributed by atoms with Crippen molar-refractivity contribution >= 4 is 51.4 Å². The fourth-order valence-corrected chi connectivity index (χ4v) is 2.62. The molecule has 0 radical (unpaired) electrons. The Hall–Kier alpha value is -1.56. The fourth-order valence-electron chi connectivity index (χ4n) is 1.71. The molecule has 0 N–H and O–H groups in total. The molecule has 0 amide bonds. The minimum atomic E-state index is -0.689. The molecular formula is C15H9BrCl2O4. The molecule has 0 unspecified atom stereocenters. The van der Waals surface area contributed by atoms with E-state index >= 15 is 0 Å². The van der Waals surface area contributed by atoms with Crippen LogP contribution in [0, 0.1) is 0 Å². The van der Waals surface area contributed by atoms with Crippen LogP contribution in [0.25, 0.3) is 0 Å². The van der Waals surface area contributed by atoms with Gasteiger partial charge in [0, 0.05) is 10.6 Å². The summed E-state index contributed by atoms with van der Waals surface area (Å²) in [5.74, 6) is -0.303. The van der Waals surface area contributed by atoms with Gasteiger partial charge in [-0.15, -0.1) is 0 Å². The highest BCUT2D eigenvalue weighted by Crippen LogP contribution is 2.37. The highest BCUT2D eigenvalue weighted by molar-refractivity contribution is 9.10. The number of aldehydes is 1. The number of halogens is 3. The molecule has 0 aromatic heterocycles. The van der Waals surface area contributed by atoms with Gasteiger partial charge in [0.1, 0.15) is 6.29 Å². The molecule has 0 saturated carbocycles. The Morgan fingerprint density at radius 1 is 1.23 bits per heavy atom. The first-order chi connectivity index (χ1) is 10.5. The molecule has 0 saturated heterocycles. The first-order valence-electron chi connectivity index (χ1n) is 5.96. The van der Waals surface area contributed by atoms with E-state index in [1.54, 1.807) is 6.07 Å². The quantitative estimate of drug-likeness (QED) is 0.418. The second kappa shape index (κ2) is 7.13. The molecular weight excluding hydrogens is 395 g/mol. The number of benzene rings is 2. The normalized spacial score (nSPS) is 10.2. The van der Waals surface area contributed by atoms with Crippen LogP contribution in [0.1, 0.15) is 20.7 Å². The SMILES string of the molecule is COc1cc(C=O)cc(Br)c1OC(=O)c1cc(Cl)ccc1Cl. The number of carbonyl (C=O) groups is 2. The summed E-state index contributed by atoms with van der Waals surface area (Å²) >= 11 is 15.1. The van der Waals surface area contributed by atoms with Crippen LogP contribution in [0.5, 0.6) is 11.5 Å². The lowest BCUT2D eigenvalue weighted by Gasteiger charge is -2.12. The van der Waals surface area contributed by atoms with Gasteiger partial charge < -0.3 is 9.47 Å². The van der Waals surface area contributed by atoms with E-state index < -0.39 is 5.97 Å². The molecule has 0 aliphatic carbocycles. The molecule has 114 valence electrons. The smallest absolute Gasteiger partial charge is 0.345 e. The summed E-state index contributed by atoms with van der Waals surface area (Å²) in [5, 5.41) is 0.577. The standard InChI is InChI=1S/C15H9BrCl2O4/c1-21-13-5-8(7-19)4-11(16)14(13)22-15(20)10-6-9(17)2-3-12(10)18/h2-7H,1H3. The second-order valence-corrected chi connectivity index (χ2v) is 5.86. The van der Waals surface area contributed by atoms with Gasteiger partial charge in [0.2, 0.25) is 0 Å². The van der Waals surface area contributed by atoms with Crippen molar-refractivity contribution in [2.75, 3.05) is 7.11 Å². The van der Waals surface area contributed by atoms with Gasteiger partial charge in [0.15, 0.2) is 11.5 Å². The van der Waals surface area contributed by atoms with E-state index in [2.05, 4.69) is 15.9 Å². The third-order valence-corrected chi connectivity index (χ3v) is 3.88. The van der Waals surface area contributed by atoms with Crippen LogP contribution in [-0.4, -0.2) is 19.4 Å². The number of hydrogen-bond donors (Lipinski definition) is 0. The third kappa shape index (κ3) is 3.61. The number of ether oxygens (including phenoxy) is 2. The number of carbonyl (C=O) groups excluding carboxylic acids is 2. The van der Waals surface area contributed by atoms with Gasteiger partial charge >= 0.3 is 5.97 Å². The Bertz CT molecular complexity index is 747. The Kier molecular flexibility index (Phi) is 5.45. The molecule has 0 heterocycles. The number of hydrogen-bond acceptors (Lipinski definition) is 4. The average Bonchev–Trinajstić information content (AvgIpc) is 2.51. The molecule has 2 aromatic rings. The largest absolute Gasteiger partial charge is 0.493 e. The van der Waals surface area contributed by atoms with Gasteiger partial charge in [-0.25, -0.2) is 4.79 Å².